The topological polar surface area (TPSA) is 49.8 Å². The second-order valence-electron chi connectivity index (χ2n) is 4.82. The van der Waals surface area contributed by atoms with E-state index in [-0.39, 0.29) is 0 Å². The lowest BCUT2D eigenvalue weighted by Gasteiger charge is -2.23. The van der Waals surface area contributed by atoms with E-state index < -0.39 is 0 Å². The first-order valence-electron chi connectivity index (χ1n) is 6.85. The Kier molecular flexibility index (Phi) is 4.89. The Hall–Kier alpha value is -1.11. The molecule has 20 heavy (non-hydrogen) atoms. The molecule has 2 aromatic heterocycles. The van der Waals surface area contributed by atoms with Crippen molar-refractivity contribution in [2.24, 2.45) is 0 Å². The summed E-state index contributed by atoms with van der Waals surface area (Å²) in [6.07, 6.45) is 8.12. The van der Waals surface area contributed by atoms with E-state index in [1.54, 1.807) is 11.3 Å². The summed E-state index contributed by atoms with van der Waals surface area (Å²) in [5, 5.41) is 7.97. The van der Waals surface area contributed by atoms with Gasteiger partial charge in [0.1, 0.15) is 0 Å². The van der Waals surface area contributed by atoms with Crippen molar-refractivity contribution in [2.75, 3.05) is 18.4 Å². The van der Waals surface area contributed by atoms with E-state index in [9.17, 15) is 0 Å². The number of rotatable bonds is 5. The van der Waals surface area contributed by atoms with Gasteiger partial charge in [-0.3, -0.25) is 4.98 Å². The molecule has 0 spiro atoms. The summed E-state index contributed by atoms with van der Waals surface area (Å²) in [5.41, 5.74) is 1.30. The van der Waals surface area contributed by atoms with Crippen LogP contribution in [0.1, 0.15) is 18.4 Å². The van der Waals surface area contributed by atoms with Crippen LogP contribution in [-0.4, -0.2) is 29.1 Å². The number of pyridine rings is 1. The standard InChI is InChI=1S/C14H18N4S2/c1-2-12(8-16-5-1)18-14-17-9-13(20-14)19-10-11-3-6-15-7-4-11/h3-4,6-7,9,12,16H,1-2,5,8,10H2,(H,17,18). The molecule has 0 radical (unpaired) electrons. The number of thioether (sulfide) groups is 1. The Labute approximate surface area is 127 Å². The van der Waals surface area contributed by atoms with Crippen molar-refractivity contribution in [3.63, 3.8) is 0 Å². The number of hydrogen-bond acceptors (Lipinski definition) is 6. The maximum Gasteiger partial charge on any atom is 0.183 e. The minimum Gasteiger partial charge on any atom is -0.357 e. The highest BCUT2D eigenvalue weighted by molar-refractivity contribution is 8.00. The van der Waals surface area contributed by atoms with Crippen LogP contribution in [0, 0.1) is 0 Å². The number of thiazole rings is 1. The molecule has 1 aliphatic rings. The Morgan fingerprint density at radius 2 is 2.30 bits per heavy atom. The molecule has 1 unspecified atom stereocenters. The number of nitrogens with one attached hydrogen (secondary N) is 2. The van der Waals surface area contributed by atoms with Crippen molar-refractivity contribution in [1.29, 1.82) is 0 Å². The summed E-state index contributed by atoms with van der Waals surface area (Å²) in [5.74, 6) is 0.967. The lowest BCUT2D eigenvalue weighted by atomic mass is 10.1. The van der Waals surface area contributed by atoms with E-state index in [4.69, 9.17) is 0 Å². The summed E-state index contributed by atoms with van der Waals surface area (Å²) in [6.45, 7) is 2.18. The third-order valence-corrected chi connectivity index (χ3v) is 5.43. The highest BCUT2D eigenvalue weighted by Gasteiger charge is 2.14. The Morgan fingerprint density at radius 1 is 1.40 bits per heavy atom. The molecule has 2 N–H and O–H groups in total. The number of nitrogens with zero attached hydrogens (tertiary/aromatic N) is 2. The van der Waals surface area contributed by atoms with Gasteiger partial charge in [-0.1, -0.05) is 11.3 Å². The van der Waals surface area contributed by atoms with Crippen molar-refractivity contribution in [2.45, 2.75) is 28.8 Å². The average Bonchev–Trinajstić information content (AvgIpc) is 2.95. The zero-order chi connectivity index (χ0) is 13.6. The Bertz CT molecular complexity index is 523. The molecule has 4 nitrogen and oxygen atoms in total. The predicted octanol–water partition coefficient (Wildman–Crippen LogP) is 2.99. The molecule has 3 rings (SSSR count). The monoisotopic (exact) mass is 306 g/mol. The Morgan fingerprint density at radius 3 is 3.10 bits per heavy atom. The zero-order valence-corrected chi connectivity index (χ0v) is 12.8. The molecule has 1 fully saturated rings. The molecule has 1 saturated heterocycles. The first kappa shape index (κ1) is 13.9. The first-order chi connectivity index (χ1) is 9.90. The van der Waals surface area contributed by atoms with Crippen LogP contribution in [0.15, 0.2) is 34.9 Å². The number of hydrogen-bond donors (Lipinski definition) is 2. The van der Waals surface area contributed by atoms with Crippen LogP contribution >= 0.6 is 23.1 Å². The van der Waals surface area contributed by atoms with Gasteiger partial charge >= 0.3 is 0 Å². The van der Waals surface area contributed by atoms with Crippen LogP contribution in [0.2, 0.25) is 0 Å². The third-order valence-electron chi connectivity index (χ3n) is 3.24. The average molecular weight is 306 g/mol. The molecule has 6 heteroatoms. The molecule has 1 atom stereocenters. The van der Waals surface area contributed by atoms with Gasteiger partial charge in [-0.15, -0.1) is 11.8 Å². The second kappa shape index (κ2) is 7.06. The fourth-order valence-electron chi connectivity index (χ4n) is 2.18. The normalized spacial score (nSPS) is 18.9. The quantitative estimate of drug-likeness (QED) is 0.832. The molecule has 0 saturated carbocycles. The van der Waals surface area contributed by atoms with Gasteiger partial charge in [-0.05, 0) is 37.1 Å². The van der Waals surface area contributed by atoms with Gasteiger partial charge in [-0.25, -0.2) is 4.98 Å². The number of aromatic nitrogens is 2. The first-order valence-corrected chi connectivity index (χ1v) is 8.65. The summed E-state index contributed by atoms with van der Waals surface area (Å²) >= 11 is 3.57. The van der Waals surface area contributed by atoms with Crippen LogP contribution in [0.5, 0.6) is 0 Å². The van der Waals surface area contributed by atoms with E-state index in [1.165, 1.54) is 22.6 Å². The smallest absolute Gasteiger partial charge is 0.183 e. The van der Waals surface area contributed by atoms with Gasteiger partial charge in [-0.2, -0.15) is 0 Å². The lowest BCUT2D eigenvalue weighted by molar-refractivity contribution is 0.480. The summed E-state index contributed by atoms with van der Waals surface area (Å²) in [4.78, 5) is 8.50. The molecule has 106 valence electrons. The fraction of sp³-hybridized carbons (Fsp3) is 0.429. The van der Waals surface area contributed by atoms with Crippen LogP contribution in [0.4, 0.5) is 5.13 Å². The van der Waals surface area contributed by atoms with Gasteiger partial charge < -0.3 is 10.6 Å². The second-order valence-corrected chi connectivity index (χ2v) is 7.12. The van der Waals surface area contributed by atoms with E-state index in [2.05, 4.69) is 32.7 Å². The SMILES string of the molecule is c1cc(CSc2cnc(NC3CCCNC3)s2)ccn1. The maximum atomic E-state index is 4.47. The number of anilines is 1. The summed E-state index contributed by atoms with van der Waals surface area (Å²) in [6, 6.07) is 4.63. The van der Waals surface area contributed by atoms with Crippen LogP contribution in [0.3, 0.4) is 0 Å². The largest absolute Gasteiger partial charge is 0.357 e. The Balaban J connectivity index is 1.51. The molecule has 1 aliphatic heterocycles. The van der Waals surface area contributed by atoms with Gasteiger partial charge in [0.25, 0.3) is 0 Å². The molecule has 0 bridgehead atoms. The molecule has 0 aromatic carbocycles. The molecule has 3 heterocycles. The van der Waals surface area contributed by atoms with Gasteiger partial charge in [0.05, 0.1) is 10.4 Å². The third kappa shape index (κ3) is 3.94. The molecular formula is C14H18N4S2. The maximum absolute atomic E-state index is 4.47. The van der Waals surface area contributed by atoms with E-state index in [0.29, 0.717) is 6.04 Å². The molecular weight excluding hydrogens is 288 g/mol. The van der Waals surface area contributed by atoms with Crippen molar-refractivity contribution in [3.05, 3.63) is 36.3 Å². The zero-order valence-electron chi connectivity index (χ0n) is 11.2. The highest BCUT2D eigenvalue weighted by Crippen LogP contribution is 2.31. The van der Waals surface area contributed by atoms with Crippen molar-refractivity contribution < 1.29 is 0 Å². The van der Waals surface area contributed by atoms with E-state index in [0.717, 1.165) is 24.0 Å². The molecule has 0 aliphatic carbocycles. The number of piperidine rings is 1. The van der Waals surface area contributed by atoms with Crippen LogP contribution < -0.4 is 10.6 Å². The minimum absolute atomic E-state index is 0.521. The van der Waals surface area contributed by atoms with Gasteiger partial charge in [0, 0.05) is 30.7 Å². The van der Waals surface area contributed by atoms with E-state index >= 15 is 0 Å². The van der Waals surface area contributed by atoms with Crippen molar-refractivity contribution >= 4 is 28.2 Å². The fourth-order valence-corrected chi connectivity index (χ4v) is 4.08. The van der Waals surface area contributed by atoms with Crippen molar-refractivity contribution in [3.8, 4) is 0 Å². The van der Waals surface area contributed by atoms with Gasteiger partial charge in [0.15, 0.2) is 5.13 Å². The lowest BCUT2D eigenvalue weighted by Crippen LogP contribution is -2.38. The summed E-state index contributed by atoms with van der Waals surface area (Å²) < 4.78 is 1.26. The van der Waals surface area contributed by atoms with Crippen LogP contribution in [-0.2, 0) is 5.75 Å². The highest BCUT2D eigenvalue weighted by atomic mass is 32.2. The minimum atomic E-state index is 0.521. The van der Waals surface area contributed by atoms with Crippen molar-refractivity contribution in [1.82, 2.24) is 15.3 Å². The van der Waals surface area contributed by atoms with Crippen LogP contribution in [0.25, 0.3) is 0 Å². The predicted molar refractivity (Wildman–Crippen MR) is 85.4 cm³/mol. The summed E-state index contributed by atoms with van der Waals surface area (Å²) in [7, 11) is 0. The molecule has 2 aromatic rings. The molecule has 0 amide bonds. The van der Waals surface area contributed by atoms with E-state index in [1.807, 2.05) is 30.4 Å². The van der Waals surface area contributed by atoms with Gasteiger partial charge in [0.2, 0.25) is 0 Å².